The van der Waals surface area contributed by atoms with E-state index < -0.39 is 0 Å². The van der Waals surface area contributed by atoms with Gasteiger partial charge in [0.05, 0.1) is 18.2 Å². The highest BCUT2D eigenvalue weighted by atomic mass is 16.2. The normalized spacial score (nSPS) is 18.2. The van der Waals surface area contributed by atoms with Crippen LogP contribution in [0.15, 0.2) is 58.7 Å². The molecule has 29 heavy (non-hydrogen) atoms. The lowest BCUT2D eigenvalue weighted by Gasteiger charge is -2.32. The number of hydrogen-bond donors (Lipinski definition) is 1. The van der Waals surface area contributed by atoms with Gasteiger partial charge in [-0.3, -0.25) is 19.6 Å². The number of nitrogens with zero attached hydrogens (tertiary/aromatic N) is 3. The average molecular weight is 395 g/mol. The molecule has 0 unspecified atom stereocenters. The topological polar surface area (TPSA) is 65.0 Å². The van der Waals surface area contributed by atoms with Crippen LogP contribution in [0, 0.1) is 0 Å². The van der Waals surface area contributed by atoms with Crippen LogP contribution in [0.5, 0.6) is 0 Å². The maximum absolute atomic E-state index is 13.0. The van der Waals surface area contributed by atoms with Crippen LogP contribution in [0.2, 0.25) is 0 Å². The fraction of sp³-hybridized carbons (Fsp3) is 0.435. The summed E-state index contributed by atoms with van der Waals surface area (Å²) >= 11 is 0. The predicted octanol–water partition coefficient (Wildman–Crippen LogP) is 3.51. The molecule has 3 rings (SSSR count). The van der Waals surface area contributed by atoms with Gasteiger partial charge in [-0.25, -0.2) is 4.79 Å². The summed E-state index contributed by atoms with van der Waals surface area (Å²) in [5, 5.41) is 2.92. The van der Waals surface area contributed by atoms with Gasteiger partial charge in [-0.1, -0.05) is 48.9 Å². The van der Waals surface area contributed by atoms with Crippen LogP contribution in [-0.2, 0) is 11.2 Å². The molecule has 0 fully saturated rings. The number of amides is 3. The highest BCUT2D eigenvalue weighted by molar-refractivity contribution is 6.25. The van der Waals surface area contributed by atoms with Crippen molar-refractivity contribution in [1.82, 2.24) is 15.1 Å². The van der Waals surface area contributed by atoms with Gasteiger partial charge < -0.3 is 5.32 Å². The Hall–Kier alpha value is -2.89. The van der Waals surface area contributed by atoms with Crippen molar-refractivity contribution in [3.8, 4) is 0 Å². The van der Waals surface area contributed by atoms with E-state index in [1.807, 2.05) is 39.0 Å². The molecule has 3 amide bonds. The molecule has 2 aliphatic heterocycles. The van der Waals surface area contributed by atoms with Crippen LogP contribution in [-0.4, -0.2) is 53.2 Å². The summed E-state index contributed by atoms with van der Waals surface area (Å²) < 4.78 is 0. The number of aliphatic imine (C=N–C) groups is 1. The van der Waals surface area contributed by atoms with Crippen molar-refractivity contribution in [2.24, 2.45) is 4.99 Å². The molecule has 2 heterocycles. The van der Waals surface area contributed by atoms with Crippen LogP contribution >= 0.6 is 0 Å². The molecule has 1 aromatic rings. The third-order valence-corrected chi connectivity index (χ3v) is 4.97. The molecule has 0 aliphatic carbocycles. The quantitative estimate of drug-likeness (QED) is 0.686. The Morgan fingerprint density at radius 2 is 2.03 bits per heavy atom. The molecule has 2 aliphatic rings. The van der Waals surface area contributed by atoms with Crippen LogP contribution in [0.1, 0.15) is 39.2 Å². The van der Waals surface area contributed by atoms with Crippen LogP contribution in [0.25, 0.3) is 0 Å². The van der Waals surface area contributed by atoms with Crippen LogP contribution in [0.4, 0.5) is 4.79 Å². The third kappa shape index (κ3) is 5.13. The Morgan fingerprint density at radius 1 is 1.28 bits per heavy atom. The molecular weight excluding hydrogens is 364 g/mol. The molecular formula is C23H30N4O2. The van der Waals surface area contributed by atoms with Crippen molar-refractivity contribution in [2.75, 3.05) is 19.6 Å². The number of allylic oxidation sites excluding steroid dienone is 1. The zero-order valence-electron chi connectivity index (χ0n) is 17.5. The second kappa shape index (κ2) is 9.54. The van der Waals surface area contributed by atoms with Gasteiger partial charge in [-0.15, -0.1) is 0 Å². The van der Waals surface area contributed by atoms with E-state index in [0.29, 0.717) is 31.0 Å². The Balaban J connectivity index is 1.82. The molecule has 154 valence electrons. The van der Waals surface area contributed by atoms with E-state index in [4.69, 9.17) is 4.99 Å². The van der Waals surface area contributed by atoms with Crippen molar-refractivity contribution >= 4 is 17.8 Å². The monoisotopic (exact) mass is 394 g/mol. The number of rotatable bonds is 8. The van der Waals surface area contributed by atoms with E-state index in [1.165, 1.54) is 11.1 Å². The summed E-state index contributed by atoms with van der Waals surface area (Å²) in [5.74, 6) is 0.332. The summed E-state index contributed by atoms with van der Waals surface area (Å²) in [6.45, 7) is 7.73. The van der Waals surface area contributed by atoms with E-state index in [0.717, 1.165) is 19.3 Å². The number of nitrogens with one attached hydrogen (secondary N) is 1. The van der Waals surface area contributed by atoms with E-state index in [1.54, 1.807) is 16.0 Å². The molecule has 0 saturated heterocycles. The molecule has 1 atom stereocenters. The Bertz CT molecular complexity index is 838. The van der Waals surface area contributed by atoms with Gasteiger partial charge in [-0.05, 0) is 38.7 Å². The van der Waals surface area contributed by atoms with Crippen molar-refractivity contribution in [1.29, 1.82) is 0 Å². The molecule has 1 N–H and O–H groups in total. The zero-order chi connectivity index (χ0) is 20.8. The second-order valence-electron chi connectivity index (χ2n) is 7.75. The lowest BCUT2D eigenvalue weighted by molar-refractivity contribution is -0.117. The summed E-state index contributed by atoms with van der Waals surface area (Å²) in [7, 11) is 0. The van der Waals surface area contributed by atoms with E-state index in [9.17, 15) is 9.59 Å². The zero-order valence-corrected chi connectivity index (χ0v) is 17.5. The predicted molar refractivity (Wildman–Crippen MR) is 116 cm³/mol. The van der Waals surface area contributed by atoms with Gasteiger partial charge in [0.15, 0.2) is 0 Å². The SMILES string of the molecule is CCCNC(=O)C1=CN(CCC=C(C)C)C(=O)N2C[C@@H](Cc3ccccc3)N=C12. The Labute approximate surface area is 173 Å². The maximum atomic E-state index is 13.0. The second-order valence-corrected chi connectivity index (χ2v) is 7.75. The fourth-order valence-electron chi connectivity index (χ4n) is 3.53. The number of amidine groups is 1. The molecule has 0 bridgehead atoms. The molecule has 6 heteroatoms. The van der Waals surface area contributed by atoms with Gasteiger partial charge in [0, 0.05) is 19.3 Å². The van der Waals surface area contributed by atoms with Crippen molar-refractivity contribution < 1.29 is 9.59 Å². The van der Waals surface area contributed by atoms with Crippen molar-refractivity contribution in [3.05, 3.63) is 59.3 Å². The summed E-state index contributed by atoms with van der Waals surface area (Å²) in [6.07, 6.45) is 6.13. The minimum Gasteiger partial charge on any atom is -0.352 e. The first-order valence-corrected chi connectivity index (χ1v) is 10.3. The maximum Gasteiger partial charge on any atom is 0.329 e. The minimum atomic E-state index is -0.171. The van der Waals surface area contributed by atoms with E-state index >= 15 is 0 Å². The number of hydrogen-bond acceptors (Lipinski definition) is 3. The van der Waals surface area contributed by atoms with E-state index in [-0.39, 0.29) is 18.0 Å². The summed E-state index contributed by atoms with van der Waals surface area (Å²) in [4.78, 5) is 33.9. The number of urea groups is 1. The Kier molecular flexibility index (Phi) is 6.86. The summed E-state index contributed by atoms with van der Waals surface area (Å²) in [6, 6.07) is 9.98. The first-order valence-electron chi connectivity index (χ1n) is 10.3. The number of carbonyl (C=O) groups is 2. The average Bonchev–Trinajstić information content (AvgIpc) is 3.12. The van der Waals surface area contributed by atoms with Crippen LogP contribution in [0.3, 0.4) is 0 Å². The van der Waals surface area contributed by atoms with Gasteiger partial charge in [0.25, 0.3) is 5.91 Å². The van der Waals surface area contributed by atoms with Crippen molar-refractivity contribution in [2.45, 2.75) is 46.1 Å². The highest BCUT2D eigenvalue weighted by Crippen LogP contribution is 2.25. The third-order valence-electron chi connectivity index (χ3n) is 4.97. The van der Waals surface area contributed by atoms with Gasteiger partial charge >= 0.3 is 6.03 Å². The largest absolute Gasteiger partial charge is 0.352 e. The van der Waals surface area contributed by atoms with Crippen LogP contribution < -0.4 is 5.32 Å². The molecule has 6 nitrogen and oxygen atoms in total. The summed E-state index contributed by atoms with van der Waals surface area (Å²) in [5.41, 5.74) is 2.87. The first-order chi connectivity index (χ1) is 14.0. The van der Waals surface area contributed by atoms with Crippen molar-refractivity contribution in [3.63, 3.8) is 0 Å². The first kappa shape index (κ1) is 20.8. The fourth-order valence-corrected chi connectivity index (χ4v) is 3.53. The van der Waals surface area contributed by atoms with Gasteiger partial charge in [-0.2, -0.15) is 0 Å². The van der Waals surface area contributed by atoms with Gasteiger partial charge in [0.2, 0.25) is 0 Å². The number of benzene rings is 1. The van der Waals surface area contributed by atoms with Gasteiger partial charge in [0.1, 0.15) is 5.84 Å². The minimum absolute atomic E-state index is 0.0449. The lowest BCUT2D eigenvalue weighted by Crippen LogP contribution is -2.50. The molecule has 0 aromatic heterocycles. The smallest absolute Gasteiger partial charge is 0.329 e. The lowest BCUT2D eigenvalue weighted by atomic mass is 10.1. The number of fused-ring (bicyclic) bond motifs is 1. The molecule has 1 aromatic carbocycles. The standard InChI is InChI=1S/C23H30N4O2/c1-4-12-24-22(28)20-16-26(13-8-9-17(2)3)23(29)27-15-19(25-21(20)27)14-18-10-6-5-7-11-18/h5-7,9-11,16,19H,4,8,12-15H2,1-3H3,(H,24,28)/t19-/m1/s1. The molecule has 0 saturated carbocycles. The van der Waals surface area contributed by atoms with E-state index in [2.05, 4.69) is 23.5 Å². The Morgan fingerprint density at radius 3 is 2.72 bits per heavy atom. The molecule has 0 radical (unpaired) electrons. The molecule has 0 spiro atoms. The number of carbonyl (C=O) groups excluding carboxylic acids is 2. The highest BCUT2D eigenvalue weighted by Gasteiger charge is 2.39.